The van der Waals surface area contributed by atoms with Crippen LogP contribution in [0.4, 0.5) is 0 Å². The van der Waals surface area contributed by atoms with Crippen molar-refractivity contribution in [3.05, 3.63) is 217 Å². The molecule has 9 aromatic rings. The summed E-state index contributed by atoms with van der Waals surface area (Å²) in [6.45, 7) is 16.3. The fraction of sp³-hybridized carbons (Fsp3) is 0.177. The fourth-order valence-electron chi connectivity index (χ4n) is 10.7. The minimum atomic E-state index is -0.0314. The summed E-state index contributed by atoms with van der Waals surface area (Å²) in [6, 6.07) is 61.1. The summed E-state index contributed by atoms with van der Waals surface area (Å²) in [6.07, 6.45) is 9.48. The number of aromatic nitrogens is 3. The fourth-order valence-corrected chi connectivity index (χ4v) is 10.7. The topological polar surface area (TPSA) is 20.6 Å². The minimum Gasteiger partial charge on any atom is -0.255 e. The van der Waals surface area contributed by atoms with Gasteiger partial charge >= 0.3 is 0 Å². The van der Waals surface area contributed by atoms with E-state index in [9.17, 15) is 0 Å². The molecule has 0 amide bonds. The zero-order valence-electron chi connectivity index (χ0n) is 38.1. The molecule has 2 unspecified atom stereocenters. The number of aryl methyl sites for hydroxylation is 3. The lowest BCUT2D eigenvalue weighted by molar-refractivity contribution is -0.720. The van der Waals surface area contributed by atoms with Crippen molar-refractivity contribution in [1.82, 2.24) is 4.98 Å². The summed E-state index contributed by atoms with van der Waals surface area (Å²) in [7, 11) is 0. The first-order valence-electron chi connectivity index (χ1n) is 23.2. The Balaban J connectivity index is 1.11. The molecule has 0 spiro atoms. The molecule has 11 rings (SSSR count). The summed E-state index contributed by atoms with van der Waals surface area (Å²) < 4.78 is 4.94. The summed E-state index contributed by atoms with van der Waals surface area (Å²) in [5.74, 6) is 0.328. The Bertz CT molecular complexity index is 3320. The van der Waals surface area contributed by atoms with Gasteiger partial charge in [0.25, 0.3) is 0 Å². The number of rotatable bonds is 4. The van der Waals surface area contributed by atoms with Crippen molar-refractivity contribution in [3.8, 4) is 67.0 Å². The van der Waals surface area contributed by atoms with Gasteiger partial charge in [-0.25, -0.2) is 0 Å². The Morgan fingerprint density at radius 1 is 0.569 bits per heavy atom. The van der Waals surface area contributed by atoms with Crippen LogP contribution in [-0.2, 0) is 11.8 Å². The van der Waals surface area contributed by atoms with E-state index in [1.54, 1.807) is 0 Å². The van der Waals surface area contributed by atoms with E-state index >= 15 is 0 Å². The van der Waals surface area contributed by atoms with Gasteiger partial charge in [0.2, 0.25) is 11.4 Å². The van der Waals surface area contributed by atoms with Gasteiger partial charge in [-0.1, -0.05) is 136 Å². The molecular formula is C62H55N3+2. The van der Waals surface area contributed by atoms with Crippen molar-refractivity contribution in [2.45, 2.75) is 71.3 Å². The summed E-state index contributed by atoms with van der Waals surface area (Å²) in [5.41, 5.74) is 23.2. The van der Waals surface area contributed by atoms with E-state index in [0.29, 0.717) is 5.92 Å². The van der Waals surface area contributed by atoms with Crippen LogP contribution in [0.15, 0.2) is 189 Å². The number of allylic oxidation sites excluding steroid dienone is 1. The van der Waals surface area contributed by atoms with Crippen molar-refractivity contribution in [2.24, 2.45) is 0 Å². The Morgan fingerprint density at radius 2 is 1.28 bits per heavy atom. The summed E-state index contributed by atoms with van der Waals surface area (Å²) in [5, 5.41) is 1.14. The summed E-state index contributed by atoms with van der Waals surface area (Å²) in [4.78, 5) is 5.35. The zero-order chi connectivity index (χ0) is 44.4. The molecule has 3 nitrogen and oxygen atoms in total. The first kappa shape index (κ1) is 40.5. The number of hydrogen-bond donors (Lipinski definition) is 0. The highest BCUT2D eigenvalue weighted by Gasteiger charge is 2.42. The molecule has 0 N–H and O–H groups in total. The van der Waals surface area contributed by atoms with Gasteiger partial charge in [0.15, 0.2) is 24.1 Å². The third-order valence-electron chi connectivity index (χ3n) is 14.2. The van der Waals surface area contributed by atoms with Crippen molar-refractivity contribution < 1.29 is 9.13 Å². The highest BCUT2D eigenvalue weighted by atomic mass is 15.0. The molecule has 0 saturated heterocycles. The van der Waals surface area contributed by atoms with Crippen LogP contribution in [0.5, 0.6) is 0 Å². The third kappa shape index (κ3) is 7.30. The van der Waals surface area contributed by atoms with Crippen LogP contribution >= 0.6 is 0 Å². The van der Waals surface area contributed by atoms with E-state index in [0.717, 1.165) is 52.6 Å². The van der Waals surface area contributed by atoms with Crippen molar-refractivity contribution in [2.75, 3.05) is 0 Å². The molecule has 2 aliphatic heterocycles. The first-order chi connectivity index (χ1) is 31.6. The summed E-state index contributed by atoms with van der Waals surface area (Å²) >= 11 is 0. The van der Waals surface area contributed by atoms with Crippen molar-refractivity contribution >= 4 is 16.6 Å². The second kappa shape index (κ2) is 16.1. The Hall–Kier alpha value is -7.23. The number of benzene rings is 6. The average Bonchev–Trinajstić information content (AvgIpc) is 3.33. The maximum absolute atomic E-state index is 5.35. The Morgan fingerprint density at radius 3 is 2.06 bits per heavy atom. The normalized spacial score (nSPS) is 15.6. The molecule has 0 aliphatic carbocycles. The molecule has 0 fully saturated rings. The van der Waals surface area contributed by atoms with Crippen LogP contribution in [0.25, 0.3) is 83.6 Å². The Labute approximate surface area is 384 Å². The molecule has 3 aromatic heterocycles. The second-order valence-corrected chi connectivity index (χ2v) is 19.4. The molecule has 65 heavy (non-hydrogen) atoms. The molecule has 6 aromatic carbocycles. The molecule has 316 valence electrons. The monoisotopic (exact) mass is 841 g/mol. The highest BCUT2D eigenvalue weighted by Crippen LogP contribution is 2.46. The number of fused-ring (bicyclic) bond motifs is 10. The van der Waals surface area contributed by atoms with Crippen LogP contribution in [0.3, 0.4) is 0 Å². The molecule has 0 saturated carbocycles. The molecule has 0 radical (unpaired) electrons. The number of hydrogen-bond acceptors (Lipinski definition) is 1. The van der Waals surface area contributed by atoms with E-state index in [1.165, 1.54) is 78.1 Å². The van der Waals surface area contributed by atoms with E-state index in [4.69, 9.17) is 11.6 Å². The largest absolute Gasteiger partial charge is 0.255 e. The van der Waals surface area contributed by atoms with E-state index in [2.05, 4.69) is 226 Å². The lowest BCUT2D eigenvalue weighted by Crippen LogP contribution is -2.49. The van der Waals surface area contributed by atoms with Gasteiger partial charge in [-0.05, 0) is 124 Å². The van der Waals surface area contributed by atoms with E-state index < -0.39 is 0 Å². The van der Waals surface area contributed by atoms with Crippen LogP contribution < -0.4 is 9.13 Å². The number of nitrogens with zero attached hydrogens (tertiary/aromatic N) is 3. The van der Waals surface area contributed by atoms with E-state index in [1.807, 2.05) is 0 Å². The van der Waals surface area contributed by atoms with Gasteiger partial charge in [0.05, 0.1) is 17.5 Å². The zero-order valence-corrected chi connectivity index (χ0v) is 38.1. The van der Waals surface area contributed by atoms with Crippen LogP contribution in [-0.4, -0.2) is 4.98 Å². The molecule has 0 bridgehead atoms. The van der Waals surface area contributed by atoms with Gasteiger partial charge < -0.3 is 0 Å². The lowest BCUT2D eigenvalue weighted by atomic mass is 9.77. The maximum Gasteiger partial charge on any atom is 0.218 e. The number of pyridine rings is 3. The smallest absolute Gasteiger partial charge is 0.218 e. The van der Waals surface area contributed by atoms with Crippen LogP contribution in [0.1, 0.15) is 73.4 Å². The Kier molecular flexibility index (Phi) is 10.0. The molecular weight excluding hydrogens is 787 g/mol. The predicted molar refractivity (Wildman–Crippen MR) is 269 cm³/mol. The lowest BCUT2D eigenvalue weighted by Gasteiger charge is -2.31. The van der Waals surface area contributed by atoms with Crippen molar-refractivity contribution in [3.63, 3.8) is 0 Å². The van der Waals surface area contributed by atoms with Crippen molar-refractivity contribution in [1.29, 1.82) is 0 Å². The highest BCUT2D eigenvalue weighted by molar-refractivity contribution is 6.05. The van der Waals surface area contributed by atoms with Gasteiger partial charge in [-0.3, -0.25) is 4.98 Å². The second-order valence-electron chi connectivity index (χ2n) is 19.4. The quantitative estimate of drug-likeness (QED) is 0.162. The van der Waals surface area contributed by atoms with Gasteiger partial charge in [0, 0.05) is 58.5 Å². The maximum atomic E-state index is 5.35. The van der Waals surface area contributed by atoms with Gasteiger partial charge in [-0.15, -0.1) is 0 Å². The van der Waals surface area contributed by atoms with Gasteiger partial charge in [0.1, 0.15) is 0 Å². The minimum absolute atomic E-state index is 0.0314. The molecule has 2 atom stereocenters. The third-order valence-corrected chi connectivity index (χ3v) is 14.2. The van der Waals surface area contributed by atoms with E-state index in [-0.39, 0.29) is 11.5 Å². The standard InChI is InChI=1S/C62H55N3/c1-40-29-31-65-58(33-40)52-20-14-13-19-51(52)53-26-25-45-23-24-47(36-56(45)60-38-49(62(4,5)6)30-32-64(60)42(3)34-59(53)65)50-27-28-54(55-35-46(22-21-41(55)2)43-15-9-7-10-16-43)61-57(50)37-48(39-63-61)44-17-11-8-12-18-44/h7-24,27-33,35-39,53,59H,3,25-26,34H2,1-2,4-6H3/q+2. The average molecular weight is 842 g/mol. The first-order valence-corrected chi connectivity index (χ1v) is 23.2. The molecule has 3 heteroatoms. The predicted octanol–water partition coefficient (Wildman–Crippen LogP) is 14.9. The molecule has 2 aliphatic rings. The van der Waals surface area contributed by atoms with Crippen LogP contribution in [0.2, 0.25) is 0 Å². The van der Waals surface area contributed by atoms with Crippen LogP contribution in [0, 0.1) is 13.8 Å². The van der Waals surface area contributed by atoms with Gasteiger partial charge in [-0.2, -0.15) is 9.13 Å². The SMILES string of the molecule is C=C1CC2C(CCc3ccc(-c4ccc(-c5cc(-c6ccccc6)ccc5C)c5ncc(-c6ccccc6)cc45)cc3-c3cc(C(C)(C)C)cc[n+]31)c1ccccc1-c1cc(C)cc[n+]12. The molecule has 5 heterocycles.